The predicted molar refractivity (Wildman–Crippen MR) is 120 cm³/mol. The monoisotopic (exact) mass is 443 g/mol. The van der Waals surface area contributed by atoms with Crippen molar-refractivity contribution in [1.29, 1.82) is 0 Å². The van der Waals surface area contributed by atoms with Gasteiger partial charge in [0.2, 0.25) is 11.8 Å². The molecule has 0 aromatic heterocycles. The fourth-order valence-electron chi connectivity index (χ4n) is 2.48. The number of amides is 4. The molecule has 4 N–H and O–H groups in total. The highest BCUT2D eigenvalue weighted by Crippen LogP contribution is 2.23. The molecule has 31 heavy (non-hydrogen) atoms. The number of carbonyl (C=O) groups is 4. The highest BCUT2D eigenvalue weighted by atomic mass is 35.5. The van der Waals surface area contributed by atoms with Crippen LogP contribution in [0.5, 0.6) is 0 Å². The number of para-hydroxylation sites is 2. The van der Waals surface area contributed by atoms with Crippen LogP contribution in [0.15, 0.2) is 47.6 Å². The van der Waals surface area contributed by atoms with E-state index >= 15 is 0 Å². The van der Waals surface area contributed by atoms with Gasteiger partial charge in [-0.05, 0) is 43.7 Å². The Bertz CT molecular complexity index is 1050. The smallest absolute Gasteiger partial charge is 0.325 e. The molecule has 9 nitrogen and oxygen atoms in total. The molecule has 0 spiro atoms. The van der Waals surface area contributed by atoms with Crippen LogP contribution in [0.3, 0.4) is 0 Å². The normalized spacial score (nSPS) is 10.8. The Hall–Kier alpha value is -3.72. The Morgan fingerprint density at radius 1 is 0.839 bits per heavy atom. The molecule has 0 aliphatic rings. The van der Waals surface area contributed by atoms with Crippen LogP contribution in [0.25, 0.3) is 0 Å². The second-order valence-electron chi connectivity index (χ2n) is 6.61. The van der Waals surface area contributed by atoms with E-state index in [0.717, 1.165) is 0 Å². The number of benzene rings is 2. The molecular weight excluding hydrogens is 422 g/mol. The Kier molecular flexibility index (Phi) is 8.27. The lowest BCUT2D eigenvalue weighted by Crippen LogP contribution is -2.33. The van der Waals surface area contributed by atoms with Gasteiger partial charge in [0.05, 0.1) is 17.8 Å². The van der Waals surface area contributed by atoms with E-state index in [4.69, 9.17) is 11.6 Å². The van der Waals surface area contributed by atoms with Crippen LogP contribution in [-0.4, -0.2) is 29.3 Å². The maximum Gasteiger partial charge on any atom is 0.329 e. The summed E-state index contributed by atoms with van der Waals surface area (Å²) in [5.41, 5.74) is 4.30. The average molecular weight is 444 g/mol. The summed E-state index contributed by atoms with van der Waals surface area (Å²) in [6.45, 7) is 4.60. The van der Waals surface area contributed by atoms with Gasteiger partial charge in [-0.3, -0.25) is 19.2 Å². The average Bonchev–Trinajstić information content (AvgIpc) is 2.70. The zero-order valence-electron chi connectivity index (χ0n) is 17.2. The second-order valence-corrected chi connectivity index (χ2v) is 7.01. The van der Waals surface area contributed by atoms with Crippen molar-refractivity contribution in [3.05, 3.63) is 53.1 Å². The number of rotatable bonds is 6. The van der Waals surface area contributed by atoms with Crippen molar-refractivity contribution in [1.82, 2.24) is 5.43 Å². The summed E-state index contributed by atoms with van der Waals surface area (Å²) in [7, 11) is 0. The maximum absolute atomic E-state index is 12.2. The lowest BCUT2D eigenvalue weighted by molar-refractivity contribution is -0.136. The van der Waals surface area contributed by atoms with E-state index in [0.29, 0.717) is 27.6 Å². The number of anilines is 3. The number of hydrogen-bond donors (Lipinski definition) is 4. The van der Waals surface area contributed by atoms with Gasteiger partial charge in [-0.2, -0.15) is 5.10 Å². The number of hydrogen-bond acceptors (Lipinski definition) is 5. The maximum atomic E-state index is 12.2. The topological polar surface area (TPSA) is 129 Å². The van der Waals surface area contributed by atoms with E-state index < -0.39 is 17.7 Å². The molecule has 0 saturated carbocycles. The number of hydrazone groups is 1. The summed E-state index contributed by atoms with van der Waals surface area (Å²) in [6, 6.07) is 11.7. The van der Waals surface area contributed by atoms with Crippen molar-refractivity contribution in [2.24, 2.45) is 5.10 Å². The van der Waals surface area contributed by atoms with E-state index in [1.54, 1.807) is 49.4 Å². The van der Waals surface area contributed by atoms with Crippen molar-refractivity contribution in [3.8, 4) is 0 Å². The highest BCUT2D eigenvalue weighted by molar-refractivity contribution is 6.40. The van der Waals surface area contributed by atoms with E-state index in [2.05, 4.69) is 26.5 Å². The first-order valence-electron chi connectivity index (χ1n) is 9.23. The highest BCUT2D eigenvalue weighted by Gasteiger charge is 2.15. The molecule has 0 saturated heterocycles. The van der Waals surface area contributed by atoms with Gasteiger partial charge in [0.1, 0.15) is 0 Å². The van der Waals surface area contributed by atoms with Gasteiger partial charge >= 0.3 is 11.8 Å². The van der Waals surface area contributed by atoms with E-state index in [-0.39, 0.29) is 18.0 Å². The molecule has 0 radical (unpaired) electrons. The fourth-order valence-corrected chi connectivity index (χ4v) is 2.65. The number of halogens is 1. The largest absolute Gasteiger partial charge is 0.329 e. The second kappa shape index (κ2) is 10.9. The summed E-state index contributed by atoms with van der Waals surface area (Å²) in [4.78, 5) is 47.5. The lowest BCUT2D eigenvalue weighted by Gasteiger charge is -2.11. The number of carbonyl (C=O) groups excluding carboxylic acids is 4. The van der Waals surface area contributed by atoms with E-state index in [1.165, 1.54) is 13.8 Å². The fraction of sp³-hybridized carbons (Fsp3) is 0.190. The summed E-state index contributed by atoms with van der Waals surface area (Å²) in [5.74, 6) is -2.59. The van der Waals surface area contributed by atoms with Crippen LogP contribution in [-0.2, 0) is 19.2 Å². The van der Waals surface area contributed by atoms with Gasteiger partial charge in [0, 0.05) is 23.3 Å². The SMILES string of the molecule is CC(=O)Nc1ccccc1NC(=O)C/C(C)=N\NC(=O)C(=O)Nc1cccc(Cl)c1C. The summed E-state index contributed by atoms with van der Waals surface area (Å²) in [5, 5.41) is 12.0. The summed E-state index contributed by atoms with van der Waals surface area (Å²) in [6.07, 6.45) is -0.135. The minimum Gasteiger partial charge on any atom is -0.325 e. The lowest BCUT2D eigenvalue weighted by atomic mass is 10.2. The Morgan fingerprint density at radius 2 is 1.45 bits per heavy atom. The quantitative estimate of drug-likeness (QED) is 0.310. The van der Waals surface area contributed by atoms with Crippen LogP contribution in [0.2, 0.25) is 5.02 Å². The van der Waals surface area contributed by atoms with Gasteiger partial charge in [-0.25, -0.2) is 5.43 Å². The Balaban J connectivity index is 1.91. The minimum absolute atomic E-state index is 0.135. The van der Waals surface area contributed by atoms with Gasteiger partial charge in [-0.1, -0.05) is 29.8 Å². The van der Waals surface area contributed by atoms with E-state index in [9.17, 15) is 19.2 Å². The zero-order valence-corrected chi connectivity index (χ0v) is 18.0. The molecule has 0 bridgehead atoms. The molecule has 10 heteroatoms. The summed E-state index contributed by atoms with van der Waals surface area (Å²) >= 11 is 5.99. The molecule has 162 valence electrons. The van der Waals surface area contributed by atoms with Crippen molar-refractivity contribution in [2.45, 2.75) is 27.2 Å². The molecule has 4 amide bonds. The first-order valence-corrected chi connectivity index (χ1v) is 9.61. The summed E-state index contributed by atoms with van der Waals surface area (Å²) < 4.78 is 0. The van der Waals surface area contributed by atoms with Crippen LogP contribution < -0.4 is 21.4 Å². The molecular formula is C21H22ClN5O4. The predicted octanol–water partition coefficient (Wildman–Crippen LogP) is 3.07. The number of nitrogens with zero attached hydrogens (tertiary/aromatic N) is 1. The van der Waals surface area contributed by atoms with Crippen molar-refractivity contribution >= 4 is 58.0 Å². The van der Waals surface area contributed by atoms with Crippen molar-refractivity contribution in [3.63, 3.8) is 0 Å². The standard InChI is InChI=1S/C21H22ClN5O4/c1-12(11-19(29)24-18-9-5-4-8-17(18)23-14(3)28)26-27-21(31)20(30)25-16-10-6-7-15(22)13(16)2/h4-10H,11H2,1-3H3,(H,23,28)(H,24,29)(H,25,30)(H,27,31)/b26-12-. The van der Waals surface area contributed by atoms with Crippen molar-refractivity contribution < 1.29 is 19.2 Å². The van der Waals surface area contributed by atoms with Gasteiger partial charge in [0.15, 0.2) is 0 Å². The molecule has 0 heterocycles. The molecule has 0 fully saturated rings. The molecule has 2 aromatic rings. The first kappa shape index (κ1) is 23.6. The molecule has 0 aliphatic heterocycles. The first-order chi connectivity index (χ1) is 14.7. The third-order valence-corrected chi connectivity index (χ3v) is 4.41. The van der Waals surface area contributed by atoms with E-state index in [1.807, 2.05) is 0 Å². The van der Waals surface area contributed by atoms with Gasteiger partial charge < -0.3 is 16.0 Å². The zero-order chi connectivity index (χ0) is 23.0. The molecule has 2 rings (SSSR count). The third kappa shape index (κ3) is 7.23. The van der Waals surface area contributed by atoms with Crippen LogP contribution in [0, 0.1) is 6.92 Å². The Morgan fingerprint density at radius 3 is 2.10 bits per heavy atom. The van der Waals surface area contributed by atoms with Crippen LogP contribution in [0.1, 0.15) is 25.8 Å². The molecule has 0 unspecified atom stereocenters. The number of nitrogens with one attached hydrogen (secondary N) is 4. The van der Waals surface area contributed by atoms with Crippen molar-refractivity contribution in [2.75, 3.05) is 16.0 Å². The van der Waals surface area contributed by atoms with Gasteiger partial charge in [-0.15, -0.1) is 0 Å². The minimum atomic E-state index is -0.991. The van der Waals surface area contributed by atoms with Gasteiger partial charge in [0.25, 0.3) is 0 Å². The molecule has 2 aromatic carbocycles. The molecule has 0 atom stereocenters. The van der Waals surface area contributed by atoms with Crippen LogP contribution >= 0.6 is 11.6 Å². The molecule has 0 aliphatic carbocycles. The Labute approximate surface area is 184 Å². The third-order valence-electron chi connectivity index (χ3n) is 4.00. The van der Waals surface area contributed by atoms with Crippen LogP contribution in [0.4, 0.5) is 17.1 Å².